The van der Waals surface area contributed by atoms with Gasteiger partial charge in [-0.3, -0.25) is 4.79 Å². The quantitative estimate of drug-likeness (QED) is 0.873. The maximum absolute atomic E-state index is 12.7. The molecule has 0 radical (unpaired) electrons. The number of amides is 3. The van der Waals surface area contributed by atoms with E-state index in [-0.39, 0.29) is 17.4 Å². The molecule has 2 aliphatic rings. The average Bonchev–Trinajstić information content (AvgIpc) is 2.65. The maximum Gasteiger partial charge on any atom is 0.321 e. The number of para-hydroxylation sites is 1. The molecule has 2 heterocycles. The van der Waals surface area contributed by atoms with Gasteiger partial charge in [0.15, 0.2) is 0 Å². The third-order valence-electron chi connectivity index (χ3n) is 5.38. The third-order valence-corrected chi connectivity index (χ3v) is 5.71. The summed E-state index contributed by atoms with van der Waals surface area (Å²) in [7, 11) is 1.64. The van der Waals surface area contributed by atoms with Crippen LogP contribution in [0.3, 0.4) is 0 Å². The Kier molecular flexibility index (Phi) is 6.04. The van der Waals surface area contributed by atoms with Crippen LogP contribution in [0.25, 0.3) is 0 Å². The Bertz CT molecular complexity index is 669. The van der Waals surface area contributed by atoms with Crippen LogP contribution in [0, 0.1) is 5.41 Å². The molecule has 2 fully saturated rings. The number of carbonyl (C=O) groups excluding carboxylic acids is 2. The number of carbonyl (C=O) groups is 2. The number of piperidine rings is 2. The predicted molar refractivity (Wildman–Crippen MR) is 101 cm³/mol. The number of methoxy groups -OCH3 is 1. The summed E-state index contributed by atoms with van der Waals surface area (Å²) in [5.74, 6) is 0.185. The fourth-order valence-corrected chi connectivity index (χ4v) is 4.16. The maximum atomic E-state index is 12.7. The van der Waals surface area contributed by atoms with Crippen LogP contribution in [0.15, 0.2) is 24.3 Å². The van der Waals surface area contributed by atoms with Crippen molar-refractivity contribution in [2.45, 2.75) is 25.7 Å². The van der Waals surface area contributed by atoms with E-state index in [0.29, 0.717) is 43.4 Å². The fourth-order valence-electron chi connectivity index (χ4n) is 3.98. The van der Waals surface area contributed by atoms with Gasteiger partial charge in [-0.15, -0.1) is 0 Å². The molecule has 142 valence electrons. The Balaban J connectivity index is 1.65. The molecule has 26 heavy (non-hydrogen) atoms. The lowest BCUT2D eigenvalue weighted by Gasteiger charge is -2.48. The molecule has 7 heteroatoms. The zero-order valence-corrected chi connectivity index (χ0v) is 15.9. The van der Waals surface area contributed by atoms with Gasteiger partial charge in [-0.25, -0.2) is 4.79 Å². The highest BCUT2D eigenvalue weighted by Gasteiger charge is 2.42. The van der Waals surface area contributed by atoms with Crippen molar-refractivity contribution < 1.29 is 14.3 Å². The minimum atomic E-state index is -0.127. The van der Waals surface area contributed by atoms with Gasteiger partial charge in [0.2, 0.25) is 5.91 Å². The van der Waals surface area contributed by atoms with Gasteiger partial charge in [-0.1, -0.05) is 23.7 Å². The summed E-state index contributed by atoms with van der Waals surface area (Å²) in [4.78, 5) is 28.7. The molecule has 3 rings (SSSR count). The Morgan fingerprint density at radius 2 is 2.12 bits per heavy atom. The van der Waals surface area contributed by atoms with Crippen LogP contribution in [-0.2, 0) is 9.53 Å². The van der Waals surface area contributed by atoms with E-state index >= 15 is 0 Å². The SMILES string of the molecule is COCCN1CC2(CCCN(C(=O)Nc3ccccc3Cl)C2)CCC1=O. The second-order valence-electron chi connectivity index (χ2n) is 7.24. The lowest BCUT2D eigenvalue weighted by Crippen LogP contribution is -2.56. The number of anilines is 1. The predicted octanol–water partition coefficient (Wildman–Crippen LogP) is 3.22. The molecule has 1 aromatic carbocycles. The van der Waals surface area contributed by atoms with Gasteiger partial charge in [0.1, 0.15) is 0 Å². The zero-order chi connectivity index (χ0) is 18.6. The van der Waals surface area contributed by atoms with Crippen LogP contribution < -0.4 is 5.32 Å². The lowest BCUT2D eigenvalue weighted by atomic mass is 9.73. The Hall–Kier alpha value is -1.79. The molecule has 0 bridgehead atoms. The van der Waals surface area contributed by atoms with Crippen LogP contribution in [0.5, 0.6) is 0 Å². The highest BCUT2D eigenvalue weighted by molar-refractivity contribution is 6.33. The van der Waals surface area contributed by atoms with E-state index in [2.05, 4.69) is 5.32 Å². The Morgan fingerprint density at radius 3 is 2.88 bits per heavy atom. The molecular formula is C19H26ClN3O3. The molecule has 1 unspecified atom stereocenters. The van der Waals surface area contributed by atoms with Gasteiger partial charge in [-0.2, -0.15) is 0 Å². The summed E-state index contributed by atoms with van der Waals surface area (Å²) in [5.41, 5.74) is 0.608. The molecule has 0 aliphatic carbocycles. The number of nitrogens with one attached hydrogen (secondary N) is 1. The van der Waals surface area contributed by atoms with E-state index in [1.54, 1.807) is 19.2 Å². The van der Waals surface area contributed by atoms with Crippen molar-refractivity contribution >= 4 is 29.2 Å². The molecule has 2 saturated heterocycles. The van der Waals surface area contributed by atoms with Gasteiger partial charge >= 0.3 is 6.03 Å². The van der Waals surface area contributed by atoms with E-state index < -0.39 is 0 Å². The van der Waals surface area contributed by atoms with Crippen LogP contribution in [0.4, 0.5) is 10.5 Å². The van der Waals surface area contributed by atoms with Crippen LogP contribution in [0.1, 0.15) is 25.7 Å². The van der Waals surface area contributed by atoms with Crippen molar-refractivity contribution in [2.24, 2.45) is 5.41 Å². The molecule has 1 atom stereocenters. The van der Waals surface area contributed by atoms with E-state index in [0.717, 1.165) is 25.8 Å². The van der Waals surface area contributed by atoms with E-state index in [4.69, 9.17) is 16.3 Å². The number of hydrogen-bond acceptors (Lipinski definition) is 3. The highest BCUT2D eigenvalue weighted by Crippen LogP contribution is 2.39. The molecule has 0 aromatic heterocycles. The van der Waals surface area contributed by atoms with Gasteiger partial charge in [0, 0.05) is 45.1 Å². The molecule has 0 saturated carbocycles. The number of ether oxygens (including phenoxy) is 1. The van der Waals surface area contributed by atoms with E-state index in [1.165, 1.54) is 0 Å². The van der Waals surface area contributed by atoms with Gasteiger partial charge in [0.05, 0.1) is 17.3 Å². The standard InChI is InChI=1S/C19H26ClN3O3/c1-26-12-11-22-13-19(9-7-17(22)24)8-4-10-23(14-19)18(25)21-16-6-3-2-5-15(16)20/h2-3,5-6H,4,7-14H2,1H3,(H,21,25). The number of benzene rings is 1. The second kappa shape index (κ2) is 8.27. The average molecular weight is 380 g/mol. The summed E-state index contributed by atoms with van der Waals surface area (Å²) in [6.45, 7) is 3.25. The number of likely N-dealkylation sites (tertiary alicyclic amines) is 2. The normalized spacial score (nSPS) is 23.4. The number of urea groups is 1. The van der Waals surface area contributed by atoms with Crippen molar-refractivity contribution in [3.63, 3.8) is 0 Å². The van der Waals surface area contributed by atoms with Crippen molar-refractivity contribution in [3.05, 3.63) is 29.3 Å². The lowest BCUT2D eigenvalue weighted by molar-refractivity contribution is -0.139. The number of hydrogen-bond donors (Lipinski definition) is 1. The molecule has 1 spiro atoms. The number of halogens is 1. The smallest absolute Gasteiger partial charge is 0.321 e. The summed E-state index contributed by atoms with van der Waals surface area (Å²) < 4.78 is 5.12. The van der Waals surface area contributed by atoms with Gasteiger partial charge in [-0.05, 0) is 31.4 Å². The first-order valence-corrected chi connectivity index (χ1v) is 9.48. The van der Waals surface area contributed by atoms with E-state index in [1.807, 2.05) is 21.9 Å². The zero-order valence-electron chi connectivity index (χ0n) is 15.2. The van der Waals surface area contributed by atoms with Gasteiger partial charge < -0.3 is 19.9 Å². The molecule has 2 aliphatic heterocycles. The minimum absolute atomic E-state index is 0.0161. The first-order chi connectivity index (χ1) is 12.5. The molecule has 3 amide bonds. The molecule has 1 N–H and O–H groups in total. The van der Waals surface area contributed by atoms with Crippen molar-refractivity contribution in [2.75, 3.05) is 45.2 Å². The largest absolute Gasteiger partial charge is 0.383 e. The molecule has 6 nitrogen and oxygen atoms in total. The first-order valence-electron chi connectivity index (χ1n) is 9.10. The minimum Gasteiger partial charge on any atom is -0.383 e. The Labute approximate surface area is 159 Å². The van der Waals surface area contributed by atoms with E-state index in [9.17, 15) is 9.59 Å². The molecular weight excluding hydrogens is 354 g/mol. The summed E-state index contributed by atoms with van der Waals surface area (Å²) in [6, 6.07) is 7.11. The summed E-state index contributed by atoms with van der Waals surface area (Å²) in [5, 5.41) is 3.44. The van der Waals surface area contributed by atoms with Gasteiger partial charge in [0.25, 0.3) is 0 Å². The van der Waals surface area contributed by atoms with Crippen LogP contribution in [-0.4, -0.2) is 61.6 Å². The monoisotopic (exact) mass is 379 g/mol. The number of rotatable bonds is 4. The van der Waals surface area contributed by atoms with Crippen molar-refractivity contribution in [3.8, 4) is 0 Å². The summed E-state index contributed by atoms with van der Waals surface area (Å²) >= 11 is 6.14. The highest BCUT2D eigenvalue weighted by atomic mass is 35.5. The number of nitrogens with zero attached hydrogens (tertiary/aromatic N) is 2. The third kappa shape index (κ3) is 4.30. The van der Waals surface area contributed by atoms with Crippen LogP contribution >= 0.6 is 11.6 Å². The van der Waals surface area contributed by atoms with Crippen molar-refractivity contribution in [1.29, 1.82) is 0 Å². The van der Waals surface area contributed by atoms with Crippen LogP contribution in [0.2, 0.25) is 5.02 Å². The summed E-state index contributed by atoms with van der Waals surface area (Å²) in [6.07, 6.45) is 3.37. The topological polar surface area (TPSA) is 61.9 Å². The Morgan fingerprint density at radius 1 is 1.31 bits per heavy atom. The second-order valence-corrected chi connectivity index (χ2v) is 7.65. The first kappa shape index (κ1) is 19.0. The molecule has 1 aromatic rings. The van der Waals surface area contributed by atoms with Crippen molar-refractivity contribution in [1.82, 2.24) is 9.80 Å². The fraction of sp³-hybridized carbons (Fsp3) is 0.579.